The number of unbranched alkanes of at least 4 members (excludes halogenated alkanes) is 13. The standard InChI is InChI=1S/C16H34O4S.C10H16.Na/c1-2-3-4-5-6-7-8-9-10-11-12-13-14-15-16-20-21(17,18)19;1-7-2-9-4-8(1)5-10(3-7)6-9;/h2-16H2,1H3,(H,17,18,19);7-10H,1-6H2;/q;;+1/p-1. The molecule has 4 nitrogen and oxygen atoms in total. The van der Waals surface area contributed by atoms with Crippen LogP contribution in [-0.4, -0.2) is 19.6 Å². The minimum absolute atomic E-state index is 0. The molecule has 0 aromatic rings. The number of rotatable bonds is 16. The molecule has 0 aliphatic heterocycles. The zero-order valence-corrected chi connectivity index (χ0v) is 24.0. The van der Waals surface area contributed by atoms with Gasteiger partial charge in [-0.15, -0.1) is 0 Å². The van der Waals surface area contributed by atoms with Crippen molar-refractivity contribution < 1.29 is 46.7 Å². The molecule has 0 heterocycles. The summed E-state index contributed by atoms with van der Waals surface area (Å²) in [5.41, 5.74) is 0. The second-order valence-electron chi connectivity index (χ2n) is 10.7. The van der Waals surface area contributed by atoms with E-state index in [-0.39, 0.29) is 36.2 Å². The second kappa shape index (κ2) is 18.2. The molecule has 32 heavy (non-hydrogen) atoms. The number of hydrogen-bond acceptors (Lipinski definition) is 4. The fourth-order valence-corrected chi connectivity index (χ4v) is 6.76. The Balaban J connectivity index is 0.000000378. The summed E-state index contributed by atoms with van der Waals surface area (Å²) >= 11 is 0. The molecule has 4 fully saturated rings. The van der Waals surface area contributed by atoms with Gasteiger partial charge in [-0.2, -0.15) is 0 Å². The van der Waals surface area contributed by atoms with E-state index in [1.807, 2.05) is 0 Å². The average molecular weight is 481 g/mol. The molecule has 0 aromatic heterocycles. The van der Waals surface area contributed by atoms with E-state index in [0.717, 1.165) is 12.8 Å². The zero-order valence-electron chi connectivity index (χ0n) is 21.2. The maximum Gasteiger partial charge on any atom is 1.00 e. The maximum atomic E-state index is 10.2. The SMILES string of the molecule is C1C2CC3CC1CC(C2)C3.CCCCCCCCCCCCCCCCOS(=O)(=O)[O-].[Na+]. The first-order valence-electron chi connectivity index (χ1n) is 13.6. The second-order valence-corrected chi connectivity index (χ2v) is 11.8. The van der Waals surface area contributed by atoms with Gasteiger partial charge < -0.3 is 4.55 Å². The first kappa shape index (κ1) is 30.9. The molecule has 0 saturated heterocycles. The van der Waals surface area contributed by atoms with Gasteiger partial charge in [0, 0.05) is 0 Å². The van der Waals surface area contributed by atoms with Gasteiger partial charge in [0.2, 0.25) is 10.4 Å². The summed E-state index contributed by atoms with van der Waals surface area (Å²) in [6.45, 7) is 2.28. The van der Waals surface area contributed by atoms with Gasteiger partial charge in [-0.25, -0.2) is 8.42 Å². The van der Waals surface area contributed by atoms with E-state index in [2.05, 4.69) is 11.1 Å². The molecule has 0 unspecified atom stereocenters. The van der Waals surface area contributed by atoms with Crippen LogP contribution >= 0.6 is 0 Å². The summed E-state index contributed by atoms with van der Waals surface area (Å²) in [6.07, 6.45) is 27.0. The smallest absolute Gasteiger partial charge is 0.726 e. The van der Waals surface area contributed by atoms with E-state index >= 15 is 0 Å². The summed E-state index contributed by atoms with van der Waals surface area (Å²) in [4.78, 5) is 0. The Morgan fingerprint density at radius 2 is 0.875 bits per heavy atom. The summed E-state index contributed by atoms with van der Waals surface area (Å²) in [5.74, 6) is 4.71. The Morgan fingerprint density at radius 1 is 0.594 bits per heavy atom. The van der Waals surface area contributed by atoms with Gasteiger partial charge in [-0.05, 0) is 68.6 Å². The van der Waals surface area contributed by atoms with Crippen LogP contribution in [0.3, 0.4) is 0 Å². The molecule has 4 aliphatic carbocycles. The molecule has 0 N–H and O–H groups in total. The van der Waals surface area contributed by atoms with Crippen LogP contribution in [0.2, 0.25) is 0 Å². The van der Waals surface area contributed by atoms with Crippen molar-refractivity contribution in [3.8, 4) is 0 Å². The topological polar surface area (TPSA) is 66.4 Å². The molecule has 0 aromatic carbocycles. The minimum atomic E-state index is -4.49. The summed E-state index contributed by atoms with van der Waals surface area (Å²) < 4.78 is 34.7. The van der Waals surface area contributed by atoms with Gasteiger partial charge in [0.05, 0.1) is 6.61 Å². The van der Waals surface area contributed by atoms with Crippen molar-refractivity contribution in [2.45, 2.75) is 135 Å². The van der Waals surface area contributed by atoms with Crippen molar-refractivity contribution in [3.05, 3.63) is 0 Å². The Hall–Kier alpha value is 0.870. The molecular weight excluding hydrogens is 431 g/mol. The van der Waals surface area contributed by atoms with Crippen molar-refractivity contribution in [3.63, 3.8) is 0 Å². The van der Waals surface area contributed by atoms with Crippen molar-refractivity contribution >= 4 is 10.4 Å². The van der Waals surface area contributed by atoms with Crippen molar-refractivity contribution in [1.82, 2.24) is 0 Å². The van der Waals surface area contributed by atoms with Crippen molar-refractivity contribution in [2.75, 3.05) is 6.61 Å². The Kier molecular flexibility index (Phi) is 17.6. The zero-order chi connectivity index (χ0) is 22.4. The van der Waals surface area contributed by atoms with Crippen molar-refractivity contribution in [1.29, 1.82) is 0 Å². The molecule has 184 valence electrons. The van der Waals surface area contributed by atoms with E-state index in [1.165, 1.54) is 94.3 Å². The molecular formula is C26H49NaO4S. The molecule has 0 atom stereocenters. The normalized spacial score (nSPS) is 25.8. The Labute approximate surface area is 221 Å². The third kappa shape index (κ3) is 15.0. The molecule has 0 radical (unpaired) electrons. The van der Waals surface area contributed by atoms with E-state index < -0.39 is 10.4 Å². The van der Waals surface area contributed by atoms with Gasteiger partial charge in [0.25, 0.3) is 0 Å². The van der Waals surface area contributed by atoms with E-state index in [1.54, 1.807) is 38.5 Å². The predicted molar refractivity (Wildman–Crippen MR) is 128 cm³/mol. The quantitative estimate of drug-likeness (QED) is 0.138. The van der Waals surface area contributed by atoms with Gasteiger partial charge >= 0.3 is 29.6 Å². The fourth-order valence-electron chi connectivity index (χ4n) is 6.44. The van der Waals surface area contributed by atoms with Crippen LogP contribution < -0.4 is 29.6 Å². The molecule has 4 rings (SSSR count). The van der Waals surface area contributed by atoms with Crippen LogP contribution in [0.5, 0.6) is 0 Å². The first-order valence-corrected chi connectivity index (χ1v) is 14.9. The third-order valence-electron chi connectivity index (χ3n) is 7.73. The molecule has 6 heteroatoms. The van der Waals surface area contributed by atoms with E-state index in [4.69, 9.17) is 0 Å². The van der Waals surface area contributed by atoms with E-state index in [9.17, 15) is 13.0 Å². The van der Waals surface area contributed by atoms with Gasteiger partial charge in [-0.3, -0.25) is 4.18 Å². The van der Waals surface area contributed by atoms with Crippen LogP contribution in [0.4, 0.5) is 0 Å². The van der Waals surface area contributed by atoms with E-state index in [0.29, 0.717) is 6.42 Å². The third-order valence-corrected chi connectivity index (χ3v) is 8.18. The van der Waals surface area contributed by atoms with Gasteiger partial charge in [0.1, 0.15) is 0 Å². The number of hydrogen-bond donors (Lipinski definition) is 0. The first-order chi connectivity index (χ1) is 15.0. The van der Waals surface area contributed by atoms with Crippen LogP contribution in [0.1, 0.15) is 135 Å². The van der Waals surface area contributed by atoms with Gasteiger partial charge in [0.15, 0.2) is 0 Å². The Morgan fingerprint density at radius 3 is 1.16 bits per heavy atom. The summed E-state index contributed by atoms with van der Waals surface area (Å²) in [6, 6.07) is 0. The molecule has 0 amide bonds. The van der Waals surface area contributed by atoms with Crippen LogP contribution in [0, 0.1) is 23.7 Å². The van der Waals surface area contributed by atoms with Crippen molar-refractivity contribution in [2.24, 2.45) is 23.7 Å². The largest absolute Gasteiger partial charge is 1.00 e. The molecule has 0 spiro atoms. The Bertz CT molecular complexity index is 496. The summed E-state index contributed by atoms with van der Waals surface area (Å²) in [7, 11) is -4.49. The van der Waals surface area contributed by atoms with Crippen LogP contribution in [0.15, 0.2) is 0 Å². The minimum Gasteiger partial charge on any atom is -0.726 e. The average Bonchev–Trinajstić information content (AvgIpc) is 2.69. The van der Waals surface area contributed by atoms with Crippen LogP contribution in [0.25, 0.3) is 0 Å². The van der Waals surface area contributed by atoms with Gasteiger partial charge in [-0.1, -0.05) is 90.4 Å². The molecule has 4 bridgehead atoms. The summed E-state index contributed by atoms with van der Waals surface area (Å²) in [5, 5.41) is 0. The molecule has 4 aliphatic rings. The van der Waals surface area contributed by atoms with Crippen LogP contribution in [-0.2, 0) is 14.6 Å². The fraction of sp³-hybridized carbons (Fsp3) is 1.00. The molecule has 4 saturated carbocycles. The maximum absolute atomic E-state index is 10.2. The monoisotopic (exact) mass is 480 g/mol. The predicted octanol–water partition coefficient (Wildman–Crippen LogP) is 4.78.